The number of rotatable bonds is 6. The van der Waals surface area contributed by atoms with E-state index in [4.69, 9.17) is 4.74 Å². The van der Waals surface area contributed by atoms with Gasteiger partial charge < -0.3 is 4.74 Å². The SMILES string of the molecule is CCC[C@@H](C(=O)OC)N(C)Cc1ccccc1. The summed E-state index contributed by atoms with van der Waals surface area (Å²) in [5, 5.41) is 0. The van der Waals surface area contributed by atoms with Gasteiger partial charge in [0.05, 0.1) is 7.11 Å². The number of benzene rings is 1. The van der Waals surface area contributed by atoms with Crippen LogP contribution < -0.4 is 0 Å². The van der Waals surface area contributed by atoms with Crippen molar-refractivity contribution in [3.63, 3.8) is 0 Å². The molecular formula is C14H21NO2. The first kappa shape index (κ1) is 13.7. The molecule has 1 atom stereocenters. The summed E-state index contributed by atoms with van der Waals surface area (Å²) in [4.78, 5) is 13.7. The van der Waals surface area contributed by atoms with Gasteiger partial charge in [-0.1, -0.05) is 43.7 Å². The van der Waals surface area contributed by atoms with Crippen LogP contribution in [-0.2, 0) is 16.1 Å². The third kappa shape index (κ3) is 4.19. The number of methoxy groups -OCH3 is 1. The fourth-order valence-corrected chi connectivity index (χ4v) is 1.91. The molecule has 3 nitrogen and oxygen atoms in total. The summed E-state index contributed by atoms with van der Waals surface area (Å²) in [5.41, 5.74) is 1.21. The predicted octanol–water partition coefficient (Wildman–Crippen LogP) is 2.46. The summed E-state index contributed by atoms with van der Waals surface area (Å²) in [7, 11) is 3.41. The Balaban J connectivity index is 2.65. The van der Waals surface area contributed by atoms with Crippen LogP contribution in [0.3, 0.4) is 0 Å². The second-order valence-electron chi connectivity index (χ2n) is 4.23. The van der Waals surface area contributed by atoms with E-state index in [-0.39, 0.29) is 12.0 Å². The molecular weight excluding hydrogens is 214 g/mol. The maximum atomic E-state index is 11.7. The Hall–Kier alpha value is -1.35. The first-order valence-electron chi connectivity index (χ1n) is 6.01. The minimum absolute atomic E-state index is 0.148. The Morgan fingerprint density at radius 1 is 1.35 bits per heavy atom. The molecule has 0 unspecified atom stereocenters. The molecule has 3 heteroatoms. The lowest BCUT2D eigenvalue weighted by atomic mass is 10.1. The lowest BCUT2D eigenvalue weighted by molar-refractivity contribution is -0.147. The van der Waals surface area contributed by atoms with Gasteiger partial charge in [0, 0.05) is 6.54 Å². The molecule has 0 heterocycles. The van der Waals surface area contributed by atoms with Crippen LogP contribution in [0.4, 0.5) is 0 Å². The van der Waals surface area contributed by atoms with E-state index in [1.54, 1.807) is 0 Å². The average Bonchev–Trinajstić information content (AvgIpc) is 2.36. The Kier molecular flexibility index (Phi) is 5.70. The van der Waals surface area contributed by atoms with Crippen LogP contribution >= 0.6 is 0 Å². The van der Waals surface area contributed by atoms with Crippen molar-refractivity contribution in [2.24, 2.45) is 0 Å². The van der Waals surface area contributed by atoms with Crippen molar-refractivity contribution in [3.8, 4) is 0 Å². The van der Waals surface area contributed by atoms with Gasteiger partial charge in [0.25, 0.3) is 0 Å². The Morgan fingerprint density at radius 3 is 2.53 bits per heavy atom. The topological polar surface area (TPSA) is 29.5 Å². The van der Waals surface area contributed by atoms with E-state index >= 15 is 0 Å². The molecule has 0 N–H and O–H groups in total. The van der Waals surface area contributed by atoms with Crippen LogP contribution in [-0.4, -0.2) is 31.1 Å². The minimum atomic E-state index is -0.148. The van der Waals surface area contributed by atoms with Gasteiger partial charge in [0.1, 0.15) is 6.04 Å². The second kappa shape index (κ2) is 7.07. The van der Waals surface area contributed by atoms with Gasteiger partial charge in [-0.15, -0.1) is 0 Å². The summed E-state index contributed by atoms with van der Waals surface area (Å²) < 4.78 is 4.84. The van der Waals surface area contributed by atoms with Gasteiger partial charge in [-0.2, -0.15) is 0 Å². The molecule has 0 amide bonds. The number of ether oxygens (including phenoxy) is 1. The summed E-state index contributed by atoms with van der Waals surface area (Å²) in [5.74, 6) is -0.148. The second-order valence-corrected chi connectivity index (χ2v) is 4.23. The third-order valence-corrected chi connectivity index (χ3v) is 2.84. The van der Waals surface area contributed by atoms with Crippen LogP contribution in [0.1, 0.15) is 25.3 Å². The summed E-state index contributed by atoms with van der Waals surface area (Å²) >= 11 is 0. The number of esters is 1. The molecule has 0 radical (unpaired) electrons. The van der Waals surface area contributed by atoms with Crippen molar-refractivity contribution < 1.29 is 9.53 Å². The standard InChI is InChI=1S/C14H21NO2/c1-4-8-13(14(16)17-3)15(2)11-12-9-6-5-7-10-12/h5-7,9-10,13H,4,8,11H2,1-3H3/t13-/m0/s1. The highest BCUT2D eigenvalue weighted by Gasteiger charge is 2.22. The van der Waals surface area contributed by atoms with E-state index in [9.17, 15) is 4.79 Å². The van der Waals surface area contributed by atoms with Crippen LogP contribution in [0.25, 0.3) is 0 Å². The first-order valence-corrected chi connectivity index (χ1v) is 6.01. The maximum absolute atomic E-state index is 11.7. The molecule has 0 aliphatic heterocycles. The Bertz CT molecular complexity index is 337. The van der Waals surface area contributed by atoms with Crippen LogP contribution in [0.15, 0.2) is 30.3 Å². The van der Waals surface area contributed by atoms with Crippen molar-refractivity contribution in [3.05, 3.63) is 35.9 Å². The highest BCUT2D eigenvalue weighted by atomic mass is 16.5. The van der Waals surface area contributed by atoms with Crippen molar-refractivity contribution in [1.29, 1.82) is 0 Å². The number of hydrogen-bond acceptors (Lipinski definition) is 3. The maximum Gasteiger partial charge on any atom is 0.323 e. The van der Waals surface area contributed by atoms with E-state index in [0.717, 1.165) is 19.4 Å². The number of carbonyl (C=O) groups is 1. The minimum Gasteiger partial charge on any atom is -0.468 e. The number of carbonyl (C=O) groups excluding carboxylic acids is 1. The zero-order chi connectivity index (χ0) is 12.7. The van der Waals surface area contributed by atoms with E-state index in [1.165, 1.54) is 12.7 Å². The normalized spacial score (nSPS) is 12.5. The quantitative estimate of drug-likeness (QED) is 0.709. The molecule has 0 aliphatic rings. The predicted molar refractivity (Wildman–Crippen MR) is 68.6 cm³/mol. The molecule has 1 aromatic carbocycles. The number of nitrogens with zero attached hydrogens (tertiary/aromatic N) is 1. The lowest BCUT2D eigenvalue weighted by Crippen LogP contribution is -2.38. The largest absolute Gasteiger partial charge is 0.468 e. The fraction of sp³-hybridized carbons (Fsp3) is 0.500. The van der Waals surface area contributed by atoms with Gasteiger partial charge in [-0.3, -0.25) is 9.69 Å². The third-order valence-electron chi connectivity index (χ3n) is 2.84. The smallest absolute Gasteiger partial charge is 0.323 e. The molecule has 0 saturated carbocycles. The highest BCUT2D eigenvalue weighted by Crippen LogP contribution is 2.11. The zero-order valence-corrected chi connectivity index (χ0v) is 10.8. The van der Waals surface area contributed by atoms with Crippen LogP contribution in [0, 0.1) is 0 Å². The first-order chi connectivity index (χ1) is 8.19. The highest BCUT2D eigenvalue weighted by molar-refractivity contribution is 5.75. The summed E-state index contributed by atoms with van der Waals surface area (Å²) in [6.45, 7) is 2.84. The van der Waals surface area contributed by atoms with Gasteiger partial charge in [0.15, 0.2) is 0 Å². The van der Waals surface area contributed by atoms with Crippen molar-refractivity contribution in [2.45, 2.75) is 32.4 Å². The number of hydrogen-bond donors (Lipinski definition) is 0. The van der Waals surface area contributed by atoms with Gasteiger partial charge in [0.2, 0.25) is 0 Å². The van der Waals surface area contributed by atoms with Crippen LogP contribution in [0.5, 0.6) is 0 Å². The average molecular weight is 235 g/mol. The molecule has 0 spiro atoms. The summed E-state index contributed by atoms with van der Waals surface area (Å²) in [6, 6.07) is 10.00. The monoisotopic (exact) mass is 235 g/mol. The molecule has 1 rings (SSSR count). The zero-order valence-electron chi connectivity index (χ0n) is 10.8. The van der Waals surface area contributed by atoms with Crippen molar-refractivity contribution >= 4 is 5.97 Å². The van der Waals surface area contributed by atoms with Crippen molar-refractivity contribution in [2.75, 3.05) is 14.2 Å². The van der Waals surface area contributed by atoms with Gasteiger partial charge in [-0.25, -0.2) is 0 Å². The molecule has 0 aliphatic carbocycles. The lowest BCUT2D eigenvalue weighted by Gasteiger charge is -2.25. The van der Waals surface area contributed by atoms with E-state index < -0.39 is 0 Å². The van der Waals surface area contributed by atoms with E-state index in [1.807, 2.05) is 30.1 Å². The Morgan fingerprint density at radius 2 is 2.00 bits per heavy atom. The number of likely N-dealkylation sites (N-methyl/N-ethyl adjacent to an activating group) is 1. The van der Waals surface area contributed by atoms with Gasteiger partial charge >= 0.3 is 5.97 Å². The molecule has 17 heavy (non-hydrogen) atoms. The van der Waals surface area contributed by atoms with Crippen LogP contribution in [0.2, 0.25) is 0 Å². The molecule has 0 fully saturated rings. The Labute approximate surface area is 103 Å². The molecule has 0 bridgehead atoms. The van der Waals surface area contributed by atoms with E-state index in [0.29, 0.717) is 0 Å². The molecule has 94 valence electrons. The van der Waals surface area contributed by atoms with Gasteiger partial charge in [-0.05, 0) is 19.0 Å². The summed E-state index contributed by atoms with van der Waals surface area (Å²) in [6.07, 6.45) is 1.80. The molecule has 0 aromatic heterocycles. The van der Waals surface area contributed by atoms with E-state index in [2.05, 4.69) is 19.1 Å². The molecule has 0 saturated heterocycles. The fourth-order valence-electron chi connectivity index (χ4n) is 1.91. The van der Waals surface area contributed by atoms with Crippen molar-refractivity contribution in [1.82, 2.24) is 4.90 Å². The molecule has 1 aromatic rings.